The minimum absolute atomic E-state index is 0.194. The Kier molecular flexibility index (Phi) is 2.80. The number of hydrogen-bond acceptors (Lipinski definition) is 3. The van der Waals surface area contributed by atoms with Crippen LogP contribution in [0.4, 0.5) is 10.1 Å². The number of nitrogens with one attached hydrogen (secondary N) is 1. The van der Waals surface area contributed by atoms with Gasteiger partial charge in [-0.25, -0.2) is 4.39 Å². The van der Waals surface area contributed by atoms with Crippen LogP contribution in [0.3, 0.4) is 0 Å². The predicted molar refractivity (Wildman–Crippen MR) is 58.4 cm³/mol. The number of benzene rings is 1. The molecule has 0 amide bonds. The van der Waals surface area contributed by atoms with Gasteiger partial charge in [-0.1, -0.05) is 6.07 Å². The van der Waals surface area contributed by atoms with E-state index in [1.54, 1.807) is 12.1 Å². The lowest BCUT2D eigenvalue weighted by molar-refractivity contribution is 0.112. The normalized spacial score (nSPS) is 28.7. The van der Waals surface area contributed by atoms with E-state index in [9.17, 15) is 9.65 Å². The highest BCUT2D eigenvalue weighted by atomic mass is 19.1. The average molecular weight is 220 g/mol. The monoisotopic (exact) mass is 220 g/mol. The second kappa shape index (κ2) is 4.11. The highest BCUT2D eigenvalue weighted by molar-refractivity contribution is 5.48. The van der Waals surface area contributed by atoms with Crippen LogP contribution >= 0.6 is 0 Å². The van der Waals surface area contributed by atoms with Gasteiger partial charge in [-0.15, -0.1) is 0 Å². The maximum Gasteiger partial charge on any atom is 0.153 e. The van der Waals surface area contributed by atoms with Gasteiger partial charge in [-0.05, 0) is 25.1 Å². The van der Waals surface area contributed by atoms with Crippen molar-refractivity contribution in [3.05, 3.63) is 30.1 Å². The van der Waals surface area contributed by atoms with Crippen molar-refractivity contribution in [1.82, 2.24) is 0 Å². The Morgan fingerprint density at radius 3 is 3.00 bits per heavy atom. The molecule has 0 saturated carbocycles. The van der Waals surface area contributed by atoms with Crippen molar-refractivity contribution in [2.24, 2.45) is 0 Å². The van der Waals surface area contributed by atoms with Crippen LogP contribution in [0.15, 0.2) is 24.3 Å². The number of halogens is 1. The summed E-state index contributed by atoms with van der Waals surface area (Å²) in [6, 6.07) is 8.35. The molecule has 84 valence electrons. The molecule has 0 radical (unpaired) electrons. The van der Waals surface area contributed by atoms with Crippen molar-refractivity contribution >= 4 is 5.69 Å². The van der Waals surface area contributed by atoms with Gasteiger partial charge in [0.05, 0.1) is 18.8 Å². The Balaban J connectivity index is 2.23. The summed E-state index contributed by atoms with van der Waals surface area (Å²) in [6.07, 6.45) is 0.419. The topological polar surface area (TPSA) is 45.0 Å². The van der Waals surface area contributed by atoms with Crippen molar-refractivity contribution in [1.29, 1.82) is 5.26 Å². The molecule has 1 heterocycles. The standard InChI is InChI=1S/C12H13FN2O/c1-9-12(8-14,5-6-16-9)15-11-4-2-3-10(13)7-11/h2-4,7,9,15H,5-6H2,1H3. The third kappa shape index (κ3) is 1.86. The molecule has 1 aromatic carbocycles. The molecule has 3 nitrogen and oxygen atoms in total. The smallest absolute Gasteiger partial charge is 0.153 e. The molecule has 0 spiro atoms. The number of ether oxygens (including phenoxy) is 1. The molecule has 2 unspecified atom stereocenters. The fourth-order valence-corrected chi connectivity index (χ4v) is 1.90. The molecule has 1 fully saturated rings. The van der Waals surface area contributed by atoms with E-state index in [0.29, 0.717) is 18.7 Å². The first kappa shape index (κ1) is 10.9. The van der Waals surface area contributed by atoms with Gasteiger partial charge in [0.15, 0.2) is 5.54 Å². The molecular weight excluding hydrogens is 207 g/mol. The van der Waals surface area contributed by atoms with E-state index < -0.39 is 5.54 Å². The van der Waals surface area contributed by atoms with Gasteiger partial charge >= 0.3 is 0 Å². The highest BCUT2D eigenvalue weighted by Crippen LogP contribution is 2.29. The molecule has 2 rings (SSSR count). The zero-order valence-electron chi connectivity index (χ0n) is 9.03. The highest BCUT2D eigenvalue weighted by Gasteiger charge is 2.42. The molecule has 0 aromatic heterocycles. The lowest BCUT2D eigenvalue weighted by Gasteiger charge is -2.26. The Morgan fingerprint density at radius 1 is 1.62 bits per heavy atom. The van der Waals surface area contributed by atoms with Crippen LogP contribution in [0.2, 0.25) is 0 Å². The van der Waals surface area contributed by atoms with Crippen LogP contribution < -0.4 is 5.32 Å². The summed E-state index contributed by atoms with van der Waals surface area (Å²) in [6.45, 7) is 2.40. The fourth-order valence-electron chi connectivity index (χ4n) is 1.90. The fraction of sp³-hybridized carbons (Fsp3) is 0.417. The van der Waals surface area contributed by atoms with E-state index in [2.05, 4.69) is 11.4 Å². The summed E-state index contributed by atoms with van der Waals surface area (Å²) in [4.78, 5) is 0. The minimum atomic E-state index is -0.742. The third-order valence-electron chi connectivity index (χ3n) is 2.95. The van der Waals surface area contributed by atoms with Crippen molar-refractivity contribution in [2.45, 2.75) is 25.0 Å². The lowest BCUT2D eigenvalue weighted by atomic mass is 9.93. The average Bonchev–Trinajstić information content (AvgIpc) is 2.61. The van der Waals surface area contributed by atoms with Gasteiger partial charge in [0.2, 0.25) is 0 Å². The minimum Gasteiger partial charge on any atom is -0.375 e. The van der Waals surface area contributed by atoms with Gasteiger partial charge in [0.25, 0.3) is 0 Å². The van der Waals surface area contributed by atoms with E-state index in [1.807, 2.05) is 6.92 Å². The largest absolute Gasteiger partial charge is 0.375 e. The molecule has 0 bridgehead atoms. The lowest BCUT2D eigenvalue weighted by Crippen LogP contribution is -2.43. The molecule has 1 aliphatic rings. The van der Waals surface area contributed by atoms with Crippen LogP contribution in [-0.2, 0) is 4.74 Å². The molecule has 4 heteroatoms. The van der Waals surface area contributed by atoms with E-state index in [4.69, 9.17) is 4.74 Å². The van der Waals surface area contributed by atoms with Gasteiger partial charge < -0.3 is 10.1 Å². The summed E-state index contributed by atoms with van der Waals surface area (Å²) in [7, 11) is 0. The summed E-state index contributed by atoms with van der Waals surface area (Å²) >= 11 is 0. The molecule has 1 aromatic rings. The van der Waals surface area contributed by atoms with E-state index >= 15 is 0 Å². The van der Waals surface area contributed by atoms with Crippen LogP contribution in [0, 0.1) is 17.1 Å². The first-order chi connectivity index (χ1) is 7.66. The molecular formula is C12H13FN2O. The number of nitrogens with zero attached hydrogens (tertiary/aromatic N) is 1. The Hall–Kier alpha value is -1.60. The number of rotatable bonds is 2. The van der Waals surface area contributed by atoms with Gasteiger partial charge in [-0.3, -0.25) is 0 Å². The molecule has 16 heavy (non-hydrogen) atoms. The molecule has 0 aliphatic carbocycles. The second-order valence-corrected chi connectivity index (χ2v) is 3.98. The van der Waals surface area contributed by atoms with Crippen LogP contribution in [0.1, 0.15) is 13.3 Å². The van der Waals surface area contributed by atoms with Gasteiger partial charge in [-0.2, -0.15) is 5.26 Å². The van der Waals surface area contributed by atoms with E-state index in [-0.39, 0.29) is 11.9 Å². The summed E-state index contributed by atoms with van der Waals surface area (Å²) in [5.41, 5.74) is -0.132. The predicted octanol–water partition coefficient (Wildman–Crippen LogP) is 2.31. The quantitative estimate of drug-likeness (QED) is 0.831. The van der Waals surface area contributed by atoms with E-state index in [1.165, 1.54) is 12.1 Å². The molecule has 1 N–H and O–H groups in total. The van der Waals surface area contributed by atoms with Crippen LogP contribution in [-0.4, -0.2) is 18.2 Å². The molecule has 1 saturated heterocycles. The first-order valence-electron chi connectivity index (χ1n) is 5.23. The summed E-state index contributed by atoms with van der Waals surface area (Å²) in [5.74, 6) is -0.315. The van der Waals surface area contributed by atoms with Crippen LogP contribution in [0.5, 0.6) is 0 Å². The summed E-state index contributed by atoms with van der Waals surface area (Å²) in [5, 5.41) is 12.3. The number of anilines is 1. The second-order valence-electron chi connectivity index (χ2n) is 3.98. The number of nitriles is 1. The third-order valence-corrected chi connectivity index (χ3v) is 2.95. The SMILES string of the molecule is CC1OCCC1(C#N)Nc1cccc(F)c1. The Bertz CT molecular complexity index is 429. The van der Waals surface area contributed by atoms with Crippen molar-refractivity contribution in [3.8, 4) is 6.07 Å². The Labute approximate surface area is 93.8 Å². The first-order valence-corrected chi connectivity index (χ1v) is 5.23. The maximum absolute atomic E-state index is 13.0. The zero-order valence-corrected chi connectivity index (χ0v) is 9.03. The molecule has 2 atom stereocenters. The van der Waals surface area contributed by atoms with Crippen molar-refractivity contribution in [2.75, 3.05) is 11.9 Å². The zero-order chi connectivity index (χ0) is 11.6. The summed E-state index contributed by atoms with van der Waals surface area (Å²) < 4.78 is 18.4. The van der Waals surface area contributed by atoms with Gasteiger partial charge in [0.1, 0.15) is 5.82 Å². The molecule has 1 aliphatic heterocycles. The van der Waals surface area contributed by atoms with Crippen LogP contribution in [0.25, 0.3) is 0 Å². The Morgan fingerprint density at radius 2 is 2.44 bits per heavy atom. The number of hydrogen-bond donors (Lipinski definition) is 1. The maximum atomic E-state index is 13.0. The van der Waals surface area contributed by atoms with Crippen molar-refractivity contribution in [3.63, 3.8) is 0 Å². The van der Waals surface area contributed by atoms with E-state index in [0.717, 1.165) is 0 Å². The van der Waals surface area contributed by atoms with Gasteiger partial charge in [0, 0.05) is 12.1 Å². The van der Waals surface area contributed by atoms with Crippen molar-refractivity contribution < 1.29 is 9.13 Å².